The van der Waals surface area contributed by atoms with Crippen molar-refractivity contribution in [2.24, 2.45) is 0 Å². The lowest BCUT2D eigenvalue weighted by atomic mass is 10.1. The summed E-state index contributed by atoms with van der Waals surface area (Å²) in [5.74, 6) is 0.234. The number of amides is 2. The smallest absolute Gasteiger partial charge is 0.267 e. The molecule has 2 N–H and O–H groups in total. The minimum absolute atomic E-state index is 0.136. The Morgan fingerprint density at radius 3 is 2.19 bits per heavy atom. The van der Waals surface area contributed by atoms with Crippen molar-refractivity contribution < 1.29 is 14.3 Å². The fourth-order valence-electron chi connectivity index (χ4n) is 2.89. The Morgan fingerprint density at radius 2 is 1.55 bits per heavy atom. The fraction of sp³-hybridized carbons (Fsp3) is 0.200. The van der Waals surface area contributed by atoms with Gasteiger partial charge in [0.05, 0.1) is 0 Å². The molecule has 0 aromatic heterocycles. The molecule has 0 bridgehead atoms. The van der Waals surface area contributed by atoms with Gasteiger partial charge in [-0.1, -0.05) is 41.9 Å². The average Bonchev–Trinajstić information content (AvgIpc) is 2.76. The number of carbonyl (C=O) groups is 2. The van der Waals surface area contributed by atoms with Crippen LogP contribution >= 0.6 is 11.6 Å². The molecular weight excluding hydrogens is 412 g/mol. The first-order valence-electron chi connectivity index (χ1n) is 10.0. The lowest BCUT2D eigenvalue weighted by Gasteiger charge is -2.25. The number of anilines is 1. The normalized spacial score (nSPS) is 10.9. The molecule has 3 aromatic rings. The van der Waals surface area contributed by atoms with Gasteiger partial charge in [-0.25, -0.2) is 0 Å². The Kier molecular flexibility index (Phi) is 7.32. The van der Waals surface area contributed by atoms with Gasteiger partial charge in [0, 0.05) is 22.8 Å². The van der Waals surface area contributed by atoms with E-state index in [0.29, 0.717) is 29.3 Å². The van der Waals surface area contributed by atoms with Crippen LogP contribution in [0.2, 0.25) is 5.02 Å². The molecule has 0 atom stereocenters. The molecule has 0 saturated heterocycles. The topological polar surface area (TPSA) is 67.4 Å². The minimum atomic E-state index is -1.04. The summed E-state index contributed by atoms with van der Waals surface area (Å²) in [5.41, 5.74) is 1.31. The van der Waals surface area contributed by atoms with Crippen molar-refractivity contribution in [3.8, 4) is 5.75 Å². The van der Waals surface area contributed by atoms with Gasteiger partial charge in [-0.05, 0) is 74.4 Å². The highest BCUT2D eigenvalue weighted by atomic mass is 35.5. The largest absolute Gasteiger partial charge is 0.478 e. The third kappa shape index (κ3) is 6.59. The van der Waals surface area contributed by atoms with Crippen LogP contribution in [0.3, 0.4) is 0 Å². The molecule has 0 radical (unpaired) electrons. The molecule has 0 aliphatic rings. The standard InChI is InChI=1S/C25H25ClN2O3/c1-25(2,24(30)28-21-6-4-3-5-7-21)31-22-14-8-18(9-15-22)16-17-27-23(29)19-10-12-20(26)13-11-19/h3-15H,16-17H2,1-2H3,(H,27,29)(H,28,30). The third-order valence-corrected chi connectivity index (χ3v) is 4.93. The van der Waals surface area contributed by atoms with Crippen LogP contribution in [0.15, 0.2) is 78.9 Å². The van der Waals surface area contributed by atoms with Crippen molar-refractivity contribution in [2.75, 3.05) is 11.9 Å². The quantitative estimate of drug-likeness (QED) is 0.515. The SMILES string of the molecule is CC(C)(Oc1ccc(CCNC(=O)c2ccc(Cl)cc2)cc1)C(=O)Nc1ccccc1. The van der Waals surface area contributed by atoms with Gasteiger partial charge in [0.2, 0.25) is 0 Å². The summed E-state index contributed by atoms with van der Waals surface area (Å²) in [5, 5.41) is 6.35. The van der Waals surface area contributed by atoms with Crippen LogP contribution in [0.4, 0.5) is 5.69 Å². The Balaban J connectivity index is 1.49. The summed E-state index contributed by atoms with van der Waals surface area (Å²) >= 11 is 5.84. The van der Waals surface area contributed by atoms with E-state index in [9.17, 15) is 9.59 Å². The van der Waals surface area contributed by atoms with Crippen molar-refractivity contribution in [3.05, 3.63) is 95.0 Å². The number of rotatable bonds is 8. The van der Waals surface area contributed by atoms with Crippen LogP contribution in [-0.2, 0) is 11.2 Å². The molecular formula is C25H25ClN2O3. The third-order valence-electron chi connectivity index (χ3n) is 4.68. The number of hydrogen-bond donors (Lipinski definition) is 2. The van der Waals surface area contributed by atoms with Gasteiger partial charge in [-0.2, -0.15) is 0 Å². The number of halogens is 1. The van der Waals surface area contributed by atoms with E-state index in [0.717, 1.165) is 11.3 Å². The van der Waals surface area contributed by atoms with E-state index >= 15 is 0 Å². The van der Waals surface area contributed by atoms with E-state index in [4.69, 9.17) is 16.3 Å². The summed E-state index contributed by atoms with van der Waals surface area (Å²) < 4.78 is 5.91. The van der Waals surface area contributed by atoms with Gasteiger partial charge in [0.15, 0.2) is 5.60 Å². The number of ether oxygens (including phenoxy) is 1. The maximum absolute atomic E-state index is 12.6. The number of para-hydroxylation sites is 1. The number of benzene rings is 3. The summed E-state index contributed by atoms with van der Waals surface area (Å²) in [7, 11) is 0. The molecule has 0 heterocycles. The summed E-state index contributed by atoms with van der Waals surface area (Å²) in [6.45, 7) is 3.96. The monoisotopic (exact) mass is 436 g/mol. The average molecular weight is 437 g/mol. The predicted molar refractivity (Wildman–Crippen MR) is 124 cm³/mol. The second kappa shape index (κ2) is 10.1. The molecule has 3 aromatic carbocycles. The van der Waals surface area contributed by atoms with Crippen LogP contribution in [0, 0.1) is 0 Å². The van der Waals surface area contributed by atoms with Crippen LogP contribution in [0.5, 0.6) is 5.75 Å². The molecule has 0 saturated carbocycles. The maximum atomic E-state index is 12.6. The minimum Gasteiger partial charge on any atom is -0.478 e. The Labute approximate surface area is 187 Å². The van der Waals surface area contributed by atoms with Crippen LogP contribution in [0.25, 0.3) is 0 Å². The second-order valence-electron chi connectivity index (χ2n) is 7.59. The molecule has 0 unspecified atom stereocenters. The van der Waals surface area contributed by atoms with Gasteiger partial charge in [0.25, 0.3) is 11.8 Å². The number of hydrogen-bond acceptors (Lipinski definition) is 3. The zero-order valence-electron chi connectivity index (χ0n) is 17.5. The number of nitrogens with one attached hydrogen (secondary N) is 2. The van der Waals surface area contributed by atoms with Gasteiger partial charge < -0.3 is 15.4 Å². The predicted octanol–water partition coefficient (Wildman–Crippen LogP) is 5.11. The highest BCUT2D eigenvalue weighted by Gasteiger charge is 2.30. The highest BCUT2D eigenvalue weighted by molar-refractivity contribution is 6.30. The Hall–Kier alpha value is -3.31. The van der Waals surface area contributed by atoms with Crippen molar-refractivity contribution >= 4 is 29.1 Å². The van der Waals surface area contributed by atoms with E-state index in [1.165, 1.54) is 0 Å². The first-order valence-corrected chi connectivity index (χ1v) is 10.4. The molecule has 0 aliphatic carbocycles. The van der Waals surface area contributed by atoms with E-state index in [1.54, 1.807) is 38.1 Å². The van der Waals surface area contributed by atoms with Crippen LogP contribution < -0.4 is 15.4 Å². The second-order valence-corrected chi connectivity index (χ2v) is 8.03. The highest BCUT2D eigenvalue weighted by Crippen LogP contribution is 2.21. The maximum Gasteiger partial charge on any atom is 0.267 e. The molecule has 31 heavy (non-hydrogen) atoms. The molecule has 2 amide bonds. The number of carbonyl (C=O) groups excluding carboxylic acids is 2. The van der Waals surface area contributed by atoms with E-state index in [1.807, 2.05) is 54.6 Å². The molecule has 160 valence electrons. The van der Waals surface area contributed by atoms with E-state index in [-0.39, 0.29) is 11.8 Å². The molecule has 3 rings (SSSR count). The Bertz CT molecular complexity index is 1020. The first kappa shape index (κ1) is 22.4. The van der Waals surface area contributed by atoms with Gasteiger partial charge in [-0.15, -0.1) is 0 Å². The Morgan fingerprint density at radius 1 is 0.903 bits per heavy atom. The van der Waals surface area contributed by atoms with Gasteiger partial charge >= 0.3 is 0 Å². The molecule has 0 fully saturated rings. The zero-order valence-corrected chi connectivity index (χ0v) is 18.3. The van der Waals surface area contributed by atoms with Crippen molar-refractivity contribution in [3.63, 3.8) is 0 Å². The molecule has 5 nitrogen and oxygen atoms in total. The molecule has 0 spiro atoms. The van der Waals surface area contributed by atoms with Gasteiger partial charge in [0.1, 0.15) is 5.75 Å². The van der Waals surface area contributed by atoms with Crippen LogP contribution in [-0.4, -0.2) is 24.0 Å². The van der Waals surface area contributed by atoms with Crippen molar-refractivity contribution in [1.29, 1.82) is 0 Å². The van der Waals surface area contributed by atoms with Crippen molar-refractivity contribution in [1.82, 2.24) is 5.32 Å². The summed E-state index contributed by atoms with van der Waals surface area (Å²) in [6.07, 6.45) is 0.678. The summed E-state index contributed by atoms with van der Waals surface area (Å²) in [6, 6.07) is 23.5. The first-order chi connectivity index (χ1) is 14.8. The lowest BCUT2D eigenvalue weighted by molar-refractivity contribution is -0.128. The van der Waals surface area contributed by atoms with Crippen LogP contribution in [0.1, 0.15) is 29.8 Å². The lowest BCUT2D eigenvalue weighted by Crippen LogP contribution is -2.42. The van der Waals surface area contributed by atoms with E-state index < -0.39 is 5.60 Å². The zero-order chi connectivity index (χ0) is 22.3. The molecule has 0 aliphatic heterocycles. The fourth-order valence-corrected chi connectivity index (χ4v) is 3.02. The molecule has 6 heteroatoms. The van der Waals surface area contributed by atoms with Gasteiger partial charge in [-0.3, -0.25) is 9.59 Å². The summed E-state index contributed by atoms with van der Waals surface area (Å²) in [4.78, 5) is 24.7. The van der Waals surface area contributed by atoms with E-state index in [2.05, 4.69) is 10.6 Å². The van der Waals surface area contributed by atoms with Crippen molar-refractivity contribution in [2.45, 2.75) is 25.9 Å².